The van der Waals surface area contributed by atoms with E-state index < -0.39 is 11.7 Å². The van der Waals surface area contributed by atoms with Gasteiger partial charge in [-0.1, -0.05) is 12.6 Å². The van der Waals surface area contributed by atoms with Crippen LogP contribution in [0.5, 0.6) is 5.75 Å². The Morgan fingerprint density at radius 3 is 2.37 bits per heavy atom. The first-order valence-corrected chi connectivity index (χ1v) is 11.5. The third-order valence-corrected chi connectivity index (χ3v) is 5.45. The molecule has 1 amide bonds. The molecule has 0 aliphatic heterocycles. The van der Waals surface area contributed by atoms with E-state index in [4.69, 9.17) is 4.74 Å². The Kier molecular flexibility index (Phi) is 9.13. The van der Waals surface area contributed by atoms with Crippen LogP contribution in [0.2, 0.25) is 0 Å². The molecular formula is C26H30F3N7O2. The lowest BCUT2D eigenvalue weighted by atomic mass is 10.2. The van der Waals surface area contributed by atoms with Gasteiger partial charge in [-0.2, -0.15) is 13.2 Å². The van der Waals surface area contributed by atoms with Gasteiger partial charge in [0.05, 0.1) is 29.7 Å². The van der Waals surface area contributed by atoms with Crippen molar-refractivity contribution in [2.24, 2.45) is 0 Å². The molecule has 0 spiro atoms. The summed E-state index contributed by atoms with van der Waals surface area (Å²) in [6, 6.07) is 9.86. The molecule has 0 atom stereocenters. The number of nitrogens with zero attached hydrogens (tertiary/aromatic N) is 4. The average Bonchev–Trinajstić information content (AvgIpc) is 2.87. The molecule has 0 bridgehead atoms. The smallest absolute Gasteiger partial charge is 0.416 e. The van der Waals surface area contributed by atoms with E-state index in [9.17, 15) is 18.0 Å². The SMILES string of the molecule is C=CC(=O)Nc1cc(Nc2cc(Nc3cccc(C(F)(F)F)c3)ncn2)c(OC)cc1N(C)CCN(C)C. The van der Waals surface area contributed by atoms with Crippen LogP contribution in [0.3, 0.4) is 0 Å². The van der Waals surface area contributed by atoms with Crippen molar-refractivity contribution in [3.63, 3.8) is 0 Å². The molecule has 1 aromatic heterocycles. The third kappa shape index (κ3) is 7.59. The minimum absolute atomic E-state index is 0.224. The van der Waals surface area contributed by atoms with Gasteiger partial charge in [0.25, 0.3) is 0 Å². The molecule has 0 radical (unpaired) electrons. The number of carbonyl (C=O) groups is 1. The van der Waals surface area contributed by atoms with Crippen LogP contribution in [-0.2, 0) is 11.0 Å². The normalized spacial score (nSPS) is 11.2. The molecule has 38 heavy (non-hydrogen) atoms. The zero-order valence-electron chi connectivity index (χ0n) is 21.6. The maximum Gasteiger partial charge on any atom is 0.416 e. The lowest BCUT2D eigenvalue weighted by Crippen LogP contribution is -2.29. The Hall–Kier alpha value is -4.32. The summed E-state index contributed by atoms with van der Waals surface area (Å²) >= 11 is 0. The van der Waals surface area contributed by atoms with E-state index in [-0.39, 0.29) is 17.4 Å². The number of anilines is 6. The molecule has 1 heterocycles. The fourth-order valence-corrected chi connectivity index (χ4v) is 3.46. The monoisotopic (exact) mass is 529 g/mol. The Balaban J connectivity index is 1.90. The van der Waals surface area contributed by atoms with Gasteiger partial charge in [0.2, 0.25) is 5.91 Å². The summed E-state index contributed by atoms with van der Waals surface area (Å²) in [4.78, 5) is 24.5. The zero-order chi connectivity index (χ0) is 27.9. The number of halogens is 3. The van der Waals surface area contributed by atoms with E-state index >= 15 is 0 Å². The van der Waals surface area contributed by atoms with Crippen LogP contribution in [0.15, 0.2) is 61.4 Å². The zero-order valence-corrected chi connectivity index (χ0v) is 21.6. The number of nitrogens with one attached hydrogen (secondary N) is 3. The van der Waals surface area contributed by atoms with Gasteiger partial charge in [-0.3, -0.25) is 4.79 Å². The van der Waals surface area contributed by atoms with Gasteiger partial charge in [0.1, 0.15) is 23.7 Å². The highest BCUT2D eigenvalue weighted by molar-refractivity contribution is 6.02. The predicted molar refractivity (Wildman–Crippen MR) is 144 cm³/mol. The van der Waals surface area contributed by atoms with Gasteiger partial charge in [-0.15, -0.1) is 0 Å². The van der Waals surface area contributed by atoms with E-state index in [0.29, 0.717) is 29.5 Å². The van der Waals surface area contributed by atoms with Crippen LogP contribution >= 0.6 is 0 Å². The molecule has 2 aromatic carbocycles. The van der Waals surface area contributed by atoms with E-state index in [0.717, 1.165) is 24.4 Å². The summed E-state index contributed by atoms with van der Waals surface area (Å²) in [7, 11) is 7.37. The number of likely N-dealkylation sites (N-methyl/N-ethyl adjacent to an activating group) is 2. The van der Waals surface area contributed by atoms with Gasteiger partial charge in [-0.25, -0.2) is 9.97 Å². The maximum absolute atomic E-state index is 13.1. The fourth-order valence-electron chi connectivity index (χ4n) is 3.46. The van der Waals surface area contributed by atoms with Crippen LogP contribution < -0.4 is 25.6 Å². The van der Waals surface area contributed by atoms with Crippen molar-refractivity contribution in [2.75, 3.05) is 62.2 Å². The molecule has 0 saturated heterocycles. The number of alkyl halides is 3. The van der Waals surface area contributed by atoms with E-state index in [1.165, 1.54) is 31.6 Å². The first-order chi connectivity index (χ1) is 18.0. The second-order valence-electron chi connectivity index (χ2n) is 8.60. The molecule has 3 rings (SSSR count). The van der Waals surface area contributed by atoms with Crippen LogP contribution in [0.4, 0.5) is 47.6 Å². The standard InChI is InChI=1S/C26H30F3N7O2/c1-6-25(37)34-19-13-20(22(38-5)14-21(19)36(4)11-10-35(2)3)33-24-15-23(30-16-31-24)32-18-9-7-8-17(12-18)26(27,28)29/h6-9,12-16H,1,10-11H2,2-5H3,(H,34,37)(H2,30,31,32,33). The highest BCUT2D eigenvalue weighted by Crippen LogP contribution is 2.38. The van der Waals surface area contributed by atoms with Gasteiger partial charge >= 0.3 is 6.18 Å². The number of aromatic nitrogens is 2. The molecule has 0 aliphatic rings. The minimum atomic E-state index is -4.46. The number of hydrogen-bond acceptors (Lipinski definition) is 8. The minimum Gasteiger partial charge on any atom is -0.494 e. The predicted octanol–water partition coefficient (Wildman–Crippen LogP) is 5.11. The number of hydrogen-bond donors (Lipinski definition) is 3. The molecule has 0 unspecified atom stereocenters. The molecular weight excluding hydrogens is 499 g/mol. The molecule has 3 N–H and O–H groups in total. The van der Waals surface area contributed by atoms with Crippen molar-refractivity contribution in [1.29, 1.82) is 0 Å². The van der Waals surface area contributed by atoms with Gasteiger partial charge < -0.3 is 30.5 Å². The topological polar surface area (TPSA) is 94.7 Å². The Labute approximate surface area is 219 Å². The molecule has 0 saturated carbocycles. The van der Waals surface area contributed by atoms with Crippen molar-refractivity contribution >= 4 is 40.3 Å². The van der Waals surface area contributed by atoms with Crippen molar-refractivity contribution in [3.05, 3.63) is 67.0 Å². The van der Waals surface area contributed by atoms with Crippen molar-refractivity contribution < 1.29 is 22.7 Å². The third-order valence-electron chi connectivity index (χ3n) is 5.45. The summed E-state index contributed by atoms with van der Waals surface area (Å²) < 4.78 is 44.8. The molecule has 202 valence electrons. The number of amides is 1. The summed E-state index contributed by atoms with van der Waals surface area (Å²) in [5.74, 6) is 0.737. The number of carbonyl (C=O) groups excluding carboxylic acids is 1. The largest absolute Gasteiger partial charge is 0.494 e. The number of ether oxygens (including phenoxy) is 1. The lowest BCUT2D eigenvalue weighted by molar-refractivity contribution is -0.137. The summed E-state index contributed by atoms with van der Waals surface area (Å²) in [6.45, 7) is 5.00. The van der Waals surface area contributed by atoms with Crippen molar-refractivity contribution in [3.8, 4) is 5.75 Å². The highest BCUT2D eigenvalue weighted by Gasteiger charge is 2.30. The van der Waals surface area contributed by atoms with E-state index in [1.807, 2.05) is 30.9 Å². The highest BCUT2D eigenvalue weighted by atomic mass is 19.4. The Bertz CT molecular complexity index is 1280. The second-order valence-corrected chi connectivity index (χ2v) is 8.60. The van der Waals surface area contributed by atoms with Gasteiger partial charge in [0, 0.05) is 38.0 Å². The summed E-state index contributed by atoms with van der Waals surface area (Å²) in [5.41, 5.74) is 1.21. The number of rotatable bonds is 11. The van der Waals surface area contributed by atoms with Crippen molar-refractivity contribution in [1.82, 2.24) is 14.9 Å². The van der Waals surface area contributed by atoms with Crippen LogP contribution in [-0.4, -0.2) is 62.1 Å². The quantitative estimate of drug-likeness (QED) is 0.295. The number of benzene rings is 2. The summed E-state index contributed by atoms with van der Waals surface area (Å²) in [5, 5.41) is 8.82. The maximum atomic E-state index is 13.1. The van der Waals surface area contributed by atoms with E-state index in [2.05, 4.69) is 32.5 Å². The Morgan fingerprint density at radius 2 is 1.74 bits per heavy atom. The molecule has 9 nitrogen and oxygen atoms in total. The molecule has 3 aromatic rings. The average molecular weight is 530 g/mol. The Morgan fingerprint density at radius 1 is 1.03 bits per heavy atom. The van der Waals surface area contributed by atoms with Crippen LogP contribution in [0, 0.1) is 0 Å². The number of methoxy groups -OCH3 is 1. The fraction of sp³-hybridized carbons (Fsp3) is 0.269. The summed E-state index contributed by atoms with van der Waals surface area (Å²) in [6.07, 6.45) is -2.01. The van der Waals surface area contributed by atoms with Gasteiger partial charge in [0.15, 0.2) is 0 Å². The second kappa shape index (κ2) is 12.3. The van der Waals surface area contributed by atoms with Crippen LogP contribution in [0.1, 0.15) is 5.56 Å². The lowest BCUT2D eigenvalue weighted by Gasteiger charge is -2.26. The molecule has 0 aliphatic carbocycles. The molecule has 12 heteroatoms. The first kappa shape index (κ1) is 28.3. The van der Waals surface area contributed by atoms with Gasteiger partial charge in [-0.05, 0) is 44.4 Å². The van der Waals surface area contributed by atoms with Crippen LogP contribution in [0.25, 0.3) is 0 Å². The first-order valence-electron chi connectivity index (χ1n) is 11.5. The molecule has 0 fully saturated rings. The van der Waals surface area contributed by atoms with Crippen molar-refractivity contribution in [2.45, 2.75) is 6.18 Å². The van der Waals surface area contributed by atoms with E-state index in [1.54, 1.807) is 18.2 Å².